The number of likely N-dealkylation sites (tertiary alicyclic amines) is 1. The number of carboxylic acid groups (broad SMARTS) is 1. The number of nitrogens with one attached hydrogen (secondary N) is 1. The number of carbonyl (C=O) groups is 4. The third-order valence-electron chi connectivity index (χ3n) is 2.84. The van der Waals surface area contributed by atoms with Gasteiger partial charge in [-0.2, -0.15) is 0 Å². The van der Waals surface area contributed by atoms with E-state index in [1.165, 1.54) is 7.05 Å². The van der Waals surface area contributed by atoms with Crippen LogP contribution in [0.5, 0.6) is 0 Å². The van der Waals surface area contributed by atoms with Gasteiger partial charge in [-0.1, -0.05) is 5.92 Å². The van der Waals surface area contributed by atoms with Crippen molar-refractivity contribution in [3.05, 3.63) is 0 Å². The lowest BCUT2D eigenvalue weighted by Crippen LogP contribution is -2.56. The first kappa shape index (κ1) is 15.5. The fourth-order valence-corrected chi connectivity index (χ4v) is 1.76. The molecule has 2 N–H and O–H groups in total. The zero-order chi connectivity index (χ0) is 15.3. The van der Waals surface area contributed by atoms with Crippen LogP contribution in [0.3, 0.4) is 0 Å². The minimum absolute atomic E-state index is 0.140. The third-order valence-corrected chi connectivity index (χ3v) is 2.84. The number of aliphatic carboxylic acids is 1. The Morgan fingerprint density at radius 3 is 2.75 bits per heavy atom. The van der Waals surface area contributed by atoms with Gasteiger partial charge in [-0.3, -0.25) is 19.3 Å². The average Bonchev–Trinajstić information content (AvgIpc) is 2.38. The number of piperidine rings is 1. The second kappa shape index (κ2) is 6.56. The lowest BCUT2D eigenvalue weighted by Gasteiger charge is -2.29. The molecular formula is C12H15N3O5. The monoisotopic (exact) mass is 281 g/mol. The summed E-state index contributed by atoms with van der Waals surface area (Å²) < 4.78 is 0. The molecule has 0 aromatic carbocycles. The molecule has 1 aliphatic rings. The smallest absolute Gasteiger partial charge is 0.323 e. The SMILES string of the molecule is C#CCN(CC(=O)O)C(=O)NC1CCC(=O)N(C)C1=O. The molecule has 8 heteroatoms. The fourth-order valence-electron chi connectivity index (χ4n) is 1.76. The molecule has 20 heavy (non-hydrogen) atoms. The van der Waals surface area contributed by atoms with Crippen LogP contribution >= 0.6 is 0 Å². The summed E-state index contributed by atoms with van der Waals surface area (Å²) in [7, 11) is 1.33. The second-order valence-electron chi connectivity index (χ2n) is 4.29. The van der Waals surface area contributed by atoms with Crippen molar-refractivity contribution in [3.63, 3.8) is 0 Å². The van der Waals surface area contributed by atoms with E-state index in [4.69, 9.17) is 11.5 Å². The van der Waals surface area contributed by atoms with Crippen LogP contribution in [-0.2, 0) is 14.4 Å². The van der Waals surface area contributed by atoms with Crippen molar-refractivity contribution in [2.45, 2.75) is 18.9 Å². The number of amides is 4. The molecule has 0 saturated carbocycles. The van der Waals surface area contributed by atoms with Gasteiger partial charge in [-0.05, 0) is 6.42 Å². The van der Waals surface area contributed by atoms with E-state index in [1.807, 2.05) is 0 Å². The van der Waals surface area contributed by atoms with Crippen LogP contribution in [0, 0.1) is 12.3 Å². The van der Waals surface area contributed by atoms with Gasteiger partial charge in [0.2, 0.25) is 5.91 Å². The van der Waals surface area contributed by atoms with Crippen molar-refractivity contribution in [2.24, 2.45) is 0 Å². The predicted octanol–water partition coefficient (Wildman–Crippen LogP) is -1.14. The van der Waals surface area contributed by atoms with E-state index in [9.17, 15) is 19.2 Å². The van der Waals surface area contributed by atoms with Gasteiger partial charge in [0.05, 0.1) is 6.54 Å². The summed E-state index contributed by atoms with van der Waals surface area (Å²) in [6.07, 6.45) is 5.38. The Hall–Kier alpha value is -2.56. The number of likely N-dealkylation sites (N-methyl/N-ethyl adjacent to an activating group) is 1. The lowest BCUT2D eigenvalue weighted by molar-refractivity contribution is -0.147. The van der Waals surface area contributed by atoms with Gasteiger partial charge in [-0.25, -0.2) is 4.79 Å². The topological polar surface area (TPSA) is 107 Å². The molecule has 1 aliphatic heterocycles. The molecule has 1 heterocycles. The Balaban J connectivity index is 2.68. The molecule has 108 valence electrons. The summed E-state index contributed by atoms with van der Waals surface area (Å²) >= 11 is 0. The molecule has 0 bridgehead atoms. The molecule has 0 aromatic heterocycles. The number of hydrogen-bond donors (Lipinski definition) is 2. The molecule has 8 nitrogen and oxygen atoms in total. The van der Waals surface area contributed by atoms with E-state index in [2.05, 4.69) is 11.2 Å². The van der Waals surface area contributed by atoms with Crippen LogP contribution in [0.2, 0.25) is 0 Å². The molecule has 0 spiro atoms. The van der Waals surface area contributed by atoms with Crippen molar-refractivity contribution < 1.29 is 24.3 Å². The van der Waals surface area contributed by atoms with Crippen LogP contribution in [-0.4, -0.2) is 64.9 Å². The number of carbonyl (C=O) groups excluding carboxylic acids is 3. The van der Waals surface area contributed by atoms with Gasteiger partial charge in [0, 0.05) is 13.5 Å². The van der Waals surface area contributed by atoms with Gasteiger partial charge in [0.1, 0.15) is 12.6 Å². The van der Waals surface area contributed by atoms with E-state index in [1.54, 1.807) is 0 Å². The van der Waals surface area contributed by atoms with E-state index in [0.29, 0.717) is 0 Å². The van der Waals surface area contributed by atoms with Gasteiger partial charge >= 0.3 is 12.0 Å². The summed E-state index contributed by atoms with van der Waals surface area (Å²) in [5.41, 5.74) is 0. The van der Waals surface area contributed by atoms with E-state index >= 15 is 0 Å². The summed E-state index contributed by atoms with van der Waals surface area (Å²) in [4.78, 5) is 47.4. The molecule has 1 saturated heterocycles. The van der Waals surface area contributed by atoms with Crippen LogP contribution in [0.1, 0.15) is 12.8 Å². The Bertz CT molecular complexity index is 482. The summed E-state index contributed by atoms with van der Waals surface area (Å²) in [5, 5.41) is 11.1. The highest BCUT2D eigenvalue weighted by Gasteiger charge is 2.33. The van der Waals surface area contributed by atoms with Crippen molar-refractivity contribution in [1.82, 2.24) is 15.1 Å². The van der Waals surface area contributed by atoms with E-state index in [-0.39, 0.29) is 25.3 Å². The van der Waals surface area contributed by atoms with Crippen LogP contribution in [0.25, 0.3) is 0 Å². The maximum atomic E-state index is 11.9. The van der Waals surface area contributed by atoms with Crippen LogP contribution in [0.4, 0.5) is 4.79 Å². The molecule has 1 rings (SSSR count). The molecule has 0 aliphatic carbocycles. The fraction of sp³-hybridized carbons (Fsp3) is 0.500. The quantitative estimate of drug-likeness (QED) is 0.500. The molecule has 4 amide bonds. The highest BCUT2D eigenvalue weighted by Crippen LogP contribution is 2.11. The predicted molar refractivity (Wildman–Crippen MR) is 67.4 cm³/mol. The lowest BCUT2D eigenvalue weighted by atomic mass is 10.1. The first-order chi connectivity index (χ1) is 9.36. The number of urea groups is 1. The van der Waals surface area contributed by atoms with Crippen molar-refractivity contribution in [3.8, 4) is 12.3 Å². The first-order valence-corrected chi connectivity index (χ1v) is 5.88. The third kappa shape index (κ3) is 3.71. The average molecular weight is 281 g/mol. The van der Waals surface area contributed by atoms with Crippen molar-refractivity contribution in [2.75, 3.05) is 20.1 Å². The minimum atomic E-state index is -1.21. The van der Waals surface area contributed by atoms with Crippen LogP contribution in [0.15, 0.2) is 0 Å². The molecular weight excluding hydrogens is 266 g/mol. The largest absolute Gasteiger partial charge is 0.480 e. The minimum Gasteiger partial charge on any atom is -0.480 e. The van der Waals surface area contributed by atoms with Gasteiger partial charge < -0.3 is 15.3 Å². The Kier molecular flexibility index (Phi) is 5.08. The number of imide groups is 1. The Morgan fingerprint density at radius 2 is 2.20 bits per heavy atom. The molecule has 0 radical (unpaired) electrons. The second-order valence-corrected chi connectivity index (χ2v) is 4.29. The molecule has 1 unspecified atom stereocenters. The summed E-state index contributed by atoms with van der Waals surface area (Å²) in [5.74, 6) is 0.124. The Morgan fingerprint density at radius 1 is 1.55 bits per heavy atom. The van der Waals surface area contributed by atoms with E-state index in [0.717, 1.165) is 9.80 Å². The summed E-state index contributed by atoms with van der Waals surface area (Å²) in [6, 6.07) is -1.59. The van der Waals surface area contributed by atoms with Gasteiger partial charge in [0.25, 0.3) is 5.91 Å². The molecule has 1 atom stereocenters. The number of nitrogens with zero attached hydrogens (tertiary/aromatic N) is 2. The van der Waals surface area contributed by atoms with Crippen molar-refractivity contribution in [1.29, 1.82) is 0 Å². The van der Waals surface area contributed by atoms with Gasteiger partial charge in [0.15, 0.2) is 0 Å². The van der Waals surface area contributed by atoms with Crippen LogP contribution < -0.4 is 5.32 Å². The Labute approximate surface area is 115 Å². The zero-order valence-corrected chi connectivity index (χ0v) is 11.0. The maximum absolute atomic E-state index is 11.9. The van der Waals surface area contributed by atoms with Gasteiger partial charge in [-0.15, -0.1) is 6.42 Å². The zero-order valence-electron chi connectivity index (χ0n) is 11.0. The maximum Gasteiger partial charge on any atom is 0.323 e. The number of hydrogen-bond acceptors (Lipinski definition) is 4. The highest BCUT2D eigenvalue weighted by atomic mass is 16.4. The number of rotatable bonds is 4. The first-order valence-electron chi connectivity index (χ1n) is 5.88. The van der Waals surface area contributed by atoms with Crippen molar-refractivity contribution >= 4 is 23.8 Å². The highest BCUT2D eigenvalue weighted by molar-refractivity contribution is 6.01. The molecule has 1 fully saturated rings. The number of terminal acetylenes is 1. The standard InChI is InChI=1S/C12H15N3O5/c1-3-6-15(7-10(17)18)12(20)13-8-4-5-9(16)14(2)11(8)19/h1,8H,4-7H2,2H3,(H,13,20)(H,17,18). The molecule has 0 aromatic rings. The normalized spacial score (nSPS) is 18.4. The summed E-state index contributed by atoms with van der Waals surface area (Å²) in [6.45, 7) is -0.750. The number of carboxylic acids is 1. The van der Waals surface area contributed by atoms with E-state index < -0.39 is 30.5 Å².